The molecule has 6 heteroatoms. The van der Waals surface area contributed by atoms with Gasteiger partial charge >= 0.3 is 0 Å². The van der Waals surface area contributed by atoms with Crippen molar-refractivity contribution in [2.24, 2.45) is 0 Å². The average molecular weight is 774 g/mol. The first-order valence-corrected chi connectivity index (χ1v) is 22.0. The maximum absolute atomic E-state index is 7.24. The summed E-state index contributed by atoms with van der Waals surface area (Å²) in [5.74, 6) is 3.01. The molecule has 7 aromatic rings. The van der Waals surface area contributed by atoms with Crippen LogP contribution in [0.1, 0.15) is 76.0 Å². The number of fused-ring (bicyclic) bond motifs is 6. The minimum atomic E-state index is -0.00383. The summed E-state index contributed by atoms with van der Waals surface area (Å²) in [6, 6.07) is 54.1. The number of hydrogen-bond donors (Lipinski definition) is 0. The lowest BCUT2D eigenvalue weighted by molar-refractivity contribution is 0.486. The molecule has 278 valence electrons. The zero-order chi connectivity index (χ0) is 38.9. The summed E-state index contributed by atoms with van der Waals surface area (Å²) in [4.78, 5) is 7.68. The van der Waals surface area contributed by atoms with E-state index in [2.05, 4.69) is 192 Å². The molecule has 10 rings (SSSR count). The lowest BCUT2D eigenvalue weighted by Crippen LogP contribution is -2.62. The Bertz CT molecular complexity index is 2610. The zero-order valence-electron chi connectivity index (χ0n) is 33.4. The Labute approximate surface area is 347 Å². The second kappa shape index (κ2) is 14.4. The van der Waals surface area contributed by atoms with Crippen LogP contribution in [0.2, 0.25) is 0 Å². The van der Waals surface area contributed by atoms with Gasteiger partial charge in [0, 0.05) is 42.7 Å². The molecule has 0 bridgehead atoms. The van der Waals surface area contributed by atoms with Gasteiger partial charge in [0.25, 0.3) is 6.71 Å². The first-order chi connectivity index (χ1) is 27.7. The van der Waals surface area contributed by atoms with Gasteiger partial charge in [-0.1, -0.05) is 166 Å². The summed E-state index contributed by atoms with van der Waals surface area (Å²) in [6.45, 7) is 14.3. The van der Waals surface area contributed by atoms with Crippen LogP contribution in [-0.2, 0) is 0 Å². The molecule has 0 atom stereocenters. The Hall–Kier alpha value is -5.03. The van der Waals surface area contributed by atoms with Gasteiger partial charge in [0.2, 0.25) is 6.71 Å². The summed E-state index contributed by atoms with van der Waals surface area (Å²) in [5, 5.41) is 0. The van der Waals surface area contributed by atoms with Gasteiger partial charge in [-0.15, -0.1) is 0 Å². The van der Waals surface area contributed by atoms with E-state index in [9.17, 15) is 0 Å². The summed E-state index contributed by atoms with van der Waals surface area (Å²) < 4.78 is 7.24. The summed E-state index contributed by atoms with van der Waals surface area (Å²) >= 11 is 3.81. The van der Waals surface area contributed by atoms with E-state index in [1.165, 1.54) is 69.0 Å². The topological polar surface area (TPSA) is 12.5 Å². The predicted octanol–water partition coefficient (Wildman–Crippen LogP) is 10.6. The number of ether oxygens (including phenoxy) is 1. The van der Waals surface area contributed by atoms with Gasteiger partial charge in [0.15, 0.2) is 0 Å². The highest BCUT2D eigenvalue weighted by molar-refractivity contribution is 8.01. The Balaban J connectivity index is 1.23. The summed E-state index contributed by atoms with van der Waals surface area (Å²) in [5.41, 5.74) is 15.7. The number of benzene rings is 7. The van der Waals surface area contributed by atoms with E-state index < -0.39 is 0 Å². The highest BCUT2D eigenvalue weighted by atomic mass is 32.2. The molecule has 0 aliphatic carbocycles. The fourth-order valence-corrected chi connectivity index (χ4v) is 11.7. The molecule has 0 unspecified atom stereocenters. The molecule has 0 aromatic heterocycles. The Kier molecular flexibility index (Phi) is 9.18. The standard InChI is InChI=1S/C51H45B2NOS2/c1-31(2)34-26-38(32(3)4)50(39(27-34)33(5)6)52-40-25-24-37(54(35-16-9-7-10-17-35)36-18-11-8-12-19-36)28-44(40)55-45-30-49-43(29-42(45)52)53-41-20-13-14-21-46(41)56-47-22-15-23-48(57-49)51(47)53/h7-33H,1-6H3. The highest BCUT2D eigenvalue weighted by Gasteiger charge is 2.42. The third-order valence-corrected chi connectivity index (χ3v) is 14.3. The van der Waals surface area contributed by atoms with Crippen molar-refractivity contribution in [1.29, 1.82) is 0 Å². The molecular formula is C51H45B2NOS2. The lowest BCUT2D eigenvalue weighted by Gasteiger charge is -2.36. The average Bonchev–Trinajstić information content (AvgIpc) is 3.22. The number of nitrogens with zero attached hydrogens (tertiary/aromatic N) is 1. The maximum atomic E-state index is 7.24. The van der Waals surface area contributed by atoms with Crippen LogP contribution in [0.15, 0.2) is 165 Å². The van der Waals surface area contributed by atoms with Crippen molar-refractivity contribution < 1.29 is 4.74 Å². The van der Waals surface area contributed by atoms with Crippen LogP contribution in [0.5, 0.6) is 11.5 Å². The smallest absolute Gasteiger partial charge is 0.251 e. The first-order valence-electron chi connectivity index (χ1n) is 20.4. The molecule has 0 spiro atoms. The van der Waals surface area contributed by atoms with Crippen molar-refractivity contribution in [1.82, 2.24) is 0 Å². The monoisotopic (exact) mass is 773 g/mol. The van der Waals surface area contributed by atoms with Crippen LogP contribution in [0.25, 0.3) is 0 Å². The van der Waals surface area contributed by atoms with Gasteiger partial charge < -0.3 is 9.64 Å². The molecule has 0 radical (unpaired) electrons. The minimum absolute atomic E-state index is 0.00383. The third kappa shape index (κ3) is 6.15. The predicted molar refractivity (Wildman–Crippen MR) is 247 cm³/mol. The van der Waals surface area contributed by atoms with E-state index in [0.717, 1.165) is 28.6 Å². The quantitative estimate of drug-likeness (QED) is 0.150. The molecule has 0 saturated carbocycles. The van der Waals surface area contributed by atoms with Crippen LogP contribution in [0.3, 0.4) is 0 Å². The Morgan fingerprint density at radius 3 is 1.61 bits per heavy atom. The van der Waals surface area contributed by atoms with E-state index in [1.54, 1.807) is 0 Å². The van der Waals surface area contributed by atoms with E-state index in [0.29, 0.717) is 17.8 Å². The van der Waals surface area contributed by atoms with E-state index in [-0.39, 0.29) is 13.4 Å². The Morgan fingerprint density at radius 1 is 0.421 bits per heavy atom. The van der Waals surface area contributed by atoms with Crippen molar-refractivity contribution in [2.45, 2.75) is 78.9 Å². The van der Waals surface area contributed by atoms with E-state index in [1.807, 2.05) is 23.5 Å². The number of hydrogen-bond acceptors (Lipinski definition) is 4. The maximum Gasteiger partial charge on any atom is 0.251 e. The van der Waals surface area contributed by atoms with Gasteiger partial charge in [-0.2, -0.15) is 0 Å². The summed E-state index contributed by atoms with van der Waals surface area (Å²) in [6.07, 6.45) is 0. The van der Waals surface area contributed by atoms with Crippen molar-refractivity contribution in [3.63, 3.8) is 0 Å². The molecule has 7 aromatic carbocycles. The highest BCUT2D eigenvalue weighted by Crippen LogP contribution is 2.42. The van der Waals surface area contributed by atoms with Crippen molar-refractivity contribution in [3.8, 4) is 11.5 Å². The van der Waals surface area contributed by atoms with Gasteiger partial charge in [-0.05, 0) is 105 Å². The molecule has 57 heavy (non-hydrogen) atoms. The molecule has 2 nitrogen and oxygen atoms in total. The fourth-order valence-electron chi connectivity index (χ4n) is 9.27. The van der Waals surface area contributed by atoms with Gasteiger partial charge in [-0.25, -0.2) is 0 Å². The van der Waals surface area contributed by atoms with Crippen LogP contribution in [0.4, 0.5) is 17.1 Å². The normalized spacial score (nSPS) is 13.5. The van der Waals surface area contributed by atoms with Gasteiger partial charge in [0.05, 0.1) is 0 Å². The number of rotatable bonds is 7. The first kappa shape index (κ1) is 36.3. The zero-order valence-corrected chi connectivity index (χ0v) is 35.0. The van der Waals surface area contributed by atoms with Crippen LogP contribution >= 0.6 is 23.5 Å². The van der Waals surface area contributed by atoms with Crippen molar-refractivity contribution in [3.05, 3.63) is 162 Å². The molecule has 0 amide bonds. The minimum Gasteiger partial charge on any atom is -0.458 e. The third-order valence-electron chi connectivity index (χ3n) is 12.0. The fraction of sp³-hybridized carbons (Fsp3) is 0.176. The SMILES string of the molecule is CC(C)c1cc(C(C)C)c(B2c3ccc(N(c4ccccc4)c4ccccc4)cc3Oc3cc4c(cc32)B2c3ccccc3Sc3cccc(c32)S4)c(C(C)C)c1. The second-order valence-corrected chi connectivity index (χ2v) is 18.8. The van der Waals surface area contributed by atoms with Gasteiger partial charge in [0.1, 0.15) is 11.5 Å². The van der Waals surface area contributed by atoms with E-state index >= 15 is 0 Å². The van der Waals surface area contributed by atoms with Crippen LogP contribution < -0.4 is 42.4 Å². The Morgan fingerprint density at radius 2 is 0.982 bits per heavy atom. The molecule has 0 saturated heterocycles. The molecule has 3 heterocycles. The molecule has 3 aliphatic rings. The molecular weight excluding hydrogens is 728 g/mol. The van der Waals surface area contributed by atoms with E-state index in [4.69, 9.17) is 4.74 Å². The van der Waals surface area contributed by atoms with Crippen molar-refractivity contribution >= 4 is 86.8 Å². The summed E-state index contributed by atoms with van der Waals surface area (Å²) in [7, 11) is 0. The molecule has 0 fully saturated rings. The van der Waals surface area contributed by atoms with Gasteiger partial charge in [-0.3, -0.25) is 0 Å². The largest absolute Gasteiger partial charge is 0.458 e. The van der Waals surface area contributed by atoms with Crippen LogP contribution in [-0.4, -0.2) is 13.4 Å². The molecule has 0 N–H and O–H groups in total. The lowest BCUT2D eigenvalue weighted by atomic mass is 9.31. The number of anilines is 3. The van der Waals surface area contributed by atoms with Crippen LogP contribution in [0, 0.1) is 0 Å². The molecule has 3 aliphatic heterocycles. The second-order valence-electron chi connectivity index (χ2n) is 16.6. The van der Waals surface area contributed by atoms with Crippen molar-refractivity contribution in [2.75, 3.05) is 4.90 Å². The number of para-hydroxylation sites is 2.